The van der Waals surface area contributed by atoms with Crippen molar-refractivity contribution in [1.82, 2.24) is 0 Å². The predicted molar refractivity (Wildman–Crippen MR) is 73.2 cm³/mol. The van der Waals surface area contributed by atoms with E-state index in [1.165, 1.54) is 13.8 Å². The molecule has 0 amide bonds. The lowest BCUT2D eigenvalue weighted by Crippen LogP contribution is -2.53. The first kappa shape index (κ1) is 16.2. The van der Waals surface area contributed by atoms with Gasteiger partial charge >= 0.3 is 11.9 Å². The minimum atomic E-state index is -1.91. The molecule has 5 heteroatoms. The summed E-state index contributed by atoms with van der Waals surface area (Å²) in [4.78, 5) is 24.2. The van der Waals surface area contributed by atoms with E-state index >= 15 is 0 Å². The smallest absolute Gasteiger partial charge is 0.328 e. The van der Waals surface area contributed by atoms with E-state index < -0.39 is 29.4 Å². The Balaban J connectivity index is 3.51. The number of esters is 1. The Labute approximate surface area is 118 Å². The maximum Gasteiger partial charge on any atom is 0.328 e. The average molecular weight is 280 g/mol. The fourth-order valence-corrected chi connectivity index (χ4v) is 2.28. The van der Waals surface area contributed by atoms with Crippen LogP contribution in [0.2, 0.25) is 0 Å². The van der Waals surface area contributed by atoms with Crippen LogP contribution in [0.25, 0.3) is 0 Å². The molecule has 110 valence electrons. The van der Waals surface area contributed by atoms with Crippen LogP contribution in [-0.4, -0.2) is 34.9 Å². The summed E-state index contributed by atoms with van der Waals surface area (Å²) in [6, 6.07) is 8.16. The molecule has 0 saturated carbocycles. The van der Waals surface area contributed by atoms with Gasteiger partial charge in [-0.3, -0.25) is 9.59 Å². The van der Waals surface area contributed by atoms with E-state index in [4.69, 9.17) is 4.74 Å². The lowest BCUT2D eigenvalue weighted by molar-refractivity contribution is -0.167. The van der Waals surface area contributed by atoms with E-state index in [0.717, 1.165) is 0 Å². The quantitative estimate of drug-likeness (QED) is 0.610. The third-order valence-electron chi connectivity index (χ3n) is 3.57. The van der Waals surface area contributed by atoms with Crippen molar-refractivity contribution in [2.24, 2.45) is 5.92 Å². The molecule has 0 aliphatic rings. The zero-order valence-corrected chi connectivity index (χ0v) is 11.9. The number of carboxylic acid groups (broad SMARTS) is 1. The van der Waals surface area contributed by atoms with E-state index in [1.54, 1.807) is 37.3 Å². The van der Waals surface area contributed by atoms with Crippen LogP contribution in [0.1, 0.15) is 26.3 Å². The highest BCUT2D eigenvalue weighted by atomic mass is 16.5. The first-order valence-corrected chi connectivity index (χ1v) is 6.53. The predicted octanol–water partition coefficient (Wildman–Crippen LogP) is 1.59. The van der Waals surface area contributed by atoms with Gasteiger partial charge in [-0.2, -0.15) is 0 Å². The number of aliphatic hydroxyl groups is 1. The summed E-state index contributed by atoms with van der Waals surface area (Å²) in [5, 5.41) is 19.5. The number of rotatable bonds is 6. The Morgan fingerprint density at radius 2 is 1.80 bits per heavy atom. The Kier molecular flexibility index (Phi) is 5.27. The summed E-state index contributed by atoms with van der Waals surface area (Å²) in [6.45, 7) is 4.68. The summed E-state index contributed by atoms with van der Waals surface area (Å²) < 4.78 is 4.96. The van der Waals surface area contributed by atoms with Gasteiger partial charge in [-0.1, -0.05) is 37.3 Å². The Morgan fingerprint density at radius 3 is 2.20 bits per heavy atom. The van der Waals surface area contributed by atoms with Crippen LogP contribution in [0.4, 0.5) is 0 Å². The fourth-order valence-electron chi connectivity index (χ4n) is 2.28. The highest BCUT2D eigenvalue weighted by molar-refractivity contribution is 6.06. The maximum atomic E-state index is 12.3. The second-order valence-corrected chi connectivity index (χ2v) is 4.73. The Morgan fingerprint density at radius 1 is 1.25 bits per heavy atom. The molecule has 3 atom stereocenters. The summed E-state index contributed by atoms with van der Waals surface area (Å²) in [7, 11) is 0. The number of carboxylic acids is 1. The molecule has 0 aromatic heterocycles. The first-order valence-electron chi connectivity index (χ1n) is 6.53. The van der Waals surface area contributed by atoms with Gasteiger partial charge in [0.05, 0.1) is 12.7 Å². The molecule has 0 aliphatic carbocycles. The van der Waals surface area contributed by atoms with Crippen molar-refractivity contribution in [3.8, 4) is 0 Å². The van der Waals surface area contributed by atoms with Crippen molar-refractivity contribution >= 4 is 11.9 Å². The lowest BCUT2D eigenvalue weighted by Gasteiger charge is -2.34. The van der Waals surface area contributed by atoms with Gasteiger partial charge in [-0.05, 0) is 19.4 Å². The minimum Gasteiger partial charge on any atom is -0.480 e. The molecule has 1 aromatic carbocycles. The molecule has 1 aromatic rings. The molecule has 0 radical (unpaired) electrons. The van der Waals surface area contributed by atoms with Crippen LogP contribution in [0.3, 0.4) is 0 Å². The number of ether oxygens (including phenoxy) is 1. The average Bonchev–Trinajstić information content (AvgIpc) is 2.40. The van der Waals surface area contributed by atoms with E-state index in [9.17, 15) is 19.8 Å². The van der Waals surface area contributed by atoms with Crippen molar-refractivity contribution in [3.63, 3.8) is 0 Å². The summed E-state index contributed by atoms with van der Waals surface area (Å²) in [5.74, 6) is -3.01. The van der Waals surface area contributed by atoms with E-state index in [2.05, 4.69) is 0 Å². The molecule has 2 N–H and O–H groups in total. The number of aliphatic hydroxyl groups excluding tert-OH is 1. The number of hydrogen-bond donors (Lipinski definition) is 2. The standard InChI is InChI=1S/C15H20O5/c1-4-20-14(19)15(13(17)18,10(2)11(3)16)12-8-6-5-7-9-12/h5-11,16H,4H2,1-3H3,(H,17,18). The van der Waals surface area contributed by atoms with Gasteiger partial charge in [0.2, 0.25) is 0 Å². The van der Waals surface area contributed by atoms with Crippen LogP contribution >= 0.6 is 0 Å². The van der Waals surface area contributed by atoms with E-state index in [0.29, 0.717) is 5.56 Å². The van der Waals surface area contributed by atoms with Gasteiger partial charge in [0, 0.05) is 5.92 Å². The van der Waals surface area contributed by atoms with Crippen LogP contribution in [0.15, 0.2) is 30.3 Å². The third kappa shape index (κ3) is 2.67. The molecular formula is C15H20O5. The molecule has 0 spiro atoms. The number of benzene rings is 1. The second-order valence-electron chi connectivity index (χ2n) is 4.73. The van der Waals surface area contributed by atoms with Gasteiger partial charge in [-0.15, -0.1) is 0 Å². The van der Waals surface area contributed by atoms with Crippen molar-refractivity contribution in [2.45, 2.75) is 32.3 Å². The van der Waals surface area contributed by atoms with Gasteiger partial charge in [0.15, 0.2) is 5.41 Å². The molecular weight excluding hydrogens is 260 g/mol. The molecule has 20 heavy (non-hydrogen) atoms. The summed E-state index contributed by atoms with van der Waals surface area (Å²) >= 11 is 0. The van der Waals surface area contributed by atoms with Crippen LogP contribution in [0.5, 0.6) is 0 Å². The highest BCUT2D eigenvalue weighted by Gasteiger charge is 2.55. The van der Waals surface area contributed by atoms with E-state index in [-0.39, 0.29) is 6.61 Å². The van der Waals surface area contributed by atoms with Crippen LogP contribution in [-0.2, 0) is 19.7 Å². The highest BCUT2D eigenvalue weighted by Crippen LogP contribution is 2.36. The van der Waals surface area contributed by atoms with Gasteiger partial charge in [0.25, 0.3) is 0 Å². The van der Waals surface area contributed by atoms with Gasteiger partial charge in [0.1, 0.15) is 0 Å². The first-order chi connectivity index (χ1) is 9.38. The SMILES string of the molecule is CCOC(=O)C(C(=O)O)(c1ccccc1)C(C)C(C)O. The third-order valence-corrected chi connectivity index (χ3v) is 3.57. The molecule has 0 aliphatic heterocycles. The summed E-state index contributed by atoms with van der Waals surface area (Å²) in [5.41, 5.74) is -1.61. The number of aliphatic carboxylic acids is 1. The van der Waals surface area contributed by atoms with Crippen molar-refractivity contribution in [2.75, 3.05) is 6.61 Å². The lowest BCUT2D eigenvalue weighted by atomic mass is 9.69. The topological polar surface area (TPSA) is 83.8 Å². The van der Waals surface area contributed by atoms with Crippen molar-refractivity contribution in [3.05, 3.63) is 35.9 Å². The number of hydrogen-bond acceptors (Lipinski definition) is 4. The number of carbonyl (C=O) groups is 2. The molecule has 0 saturated heterocycles. The normalized spacial score (nSPS) is 16.8. The molecule has 1 rings (SSSR count). The fraction of sp³-hybridized carbons (Fsp3) is 0.467. The van der Waals surface area contributed by atoms with Gasteiger partial charge < -0.3 is 14.9 Å². The largest absolute Gasteiger partial charge is 0.480 e. The molecule has 0 heterocycles. The molecule has 3 unspecified atom stereocenters. The zero-order valence-electron chi connectivity index (χ0n) is 11.9. The van der Waals surface area contributed by atoms with Crippen molar-refractivity contribution in [1.29, 1.82) is 0 Å². The van der Waals surface area contributed by atoms with Gasteiger partial charge in [-0.25, -0.2) is 0 Å². The van der Waals surface area contributed by atoms with Crippen LogP contribution < -0.4 is 0 Å². The Bertz CT molecular complexity index is 468. The molecule has 5 nitrogen and oxygen atoms in total. The van der Waals surface area contributed by atoms with Crippen LogP contribution in [0, 0.1) is 5.92 Å². The maximum absolute atomic E-state index is 12.3. The minimum absolute atomic E-state index is 0.0766. The zero-order chi connectivity index (χ0) is 15.3. The number of carbonyl (C=O) groups excluding carboxylic acids is 1. The van der Waals surface area contributed by atoms with E-state index in [1.807, 2.05) is 0 Å². The molecule has 0 fully saturated rings. The van der Waals surface area contributed by atoms with Crippen molar-refractivity contribution < 1.29 is 24.5 Å². The second kappa shape index (κ2) is 6.52. The monoisotopic (exact) mass is 280 g/mol. The molecule has 0 bridgehead atoms. The summed E-state index contributed by atoms with van der Waals surface area (Å²) in [6.07, 6.45) is -0.976. The Hall–Kier alpha value is -1.88.